The Morgan fingerprint density at radius 1 is 0.489 bits per heavy atom. The molecule has 0 radical (unpaired) electrons. The summed E-state index contributed by atoms with van der Waals surface area (Å²) in [5.74, 6) is -3.24. The minimum Gasteiger partial charge on any atom is -0.462 e. The number of nitrogens with zero attached hydrogens (tertiary/aromatic N) is 2. The number of carbonyl (C=O) groups excluding carboxylic acids is 3. The molecule has 4 fully saturated rings. The molecular formula is C36H63N3O8. The Morgan fingerprint density at radius 3 is 0.979 bits per heavy atom. The van der Waals surface area contributed by atoms with E-state index < -0.39 is 64.1 Å². The second-order valence-corrected chi connectivity index (χ2v) is 19.0. The van der Waals surface area contributed by atoms with Gasteiger partial charge in [-0.3, -0.25) is 14.4 Å². The molecule has 0 spiro atoms. The van der Waals surface area contributed by atoms with Gasteiger partial charge in [-0.2, -0.15) is 10.1 Å². The summed E-state index contributed by atoms with van der Waals surface area (Å²) in [6.45, 7) is 23.7. The van der Waals surface area contributed by atoms with Crippen LogP contribution in [0.15, 0.2) is 0 Å². The van der Waals surface area contributed by atoms with Gasteiger partial charge in [-0.1, -0.05) is 0 Å². The van der Waals surface area contributed by atoms with Crippen LogP contribution in [-0.2, 0) is 28.6 Å². The second-order valence-electron chi connectivity index (χ2n) is 19.0. The molecule has 1 aliphatic carbocycles. The molecule has 11 heteroatoms. The Kier molecular flexibility index (Phi) is 10.4. The third kappa shape index (κ3) is 8.87. The number of nitrogens with one attached hydrogen (secondary N) is 1. The first-order chi connectivity index (χ1) is 21.2. The van der Waals surface area contributed by atoms with E-state index in [9.17, 15) is 24.8 Å². The third-order valence-corrected chi connectivity index (χ3v) is 10.9. The highest BCUT2D eigenvalue weighted by atomic mass is 16.6. The Bertz CT molecular complexity index is 1080. The number of hydroxylamine groups is 4. The van der Waals surface area contributed by atoms with Crippen LogP contribution in [0.2, 0.25) is 0 Å². The van der Waals surface area contributed by atoms with Gasteiger partial charge in [-0.15, -0.1) is 0 Å². The van der Waals surface area contributed by atoms with Crippen LogP contribution in [-0.4, -0.2) is 90.0 Å². The summed E-state index contributed by atoms with van der Waals surface area (Å²) in [6.07, 6.45) is 2.75. The molecule has 3 heterocycles. The van der Waals surface area contributed by atoms with Gasteiger partial charge in [-0.05, 0) is 102 Å². The molecule has 3 aliphatic heterocycles. The van der Waals surface area contributed by atoms with Crippen molar-refractivity contribution >= 4 is 17.9 Å². The van der Waals surface area contributed by atoms with Gasteiger partial charge in [-0.25, -0.2) is 0 Å². The molecule has 270 valence electrons. The van der Waals surface area contributed by atoms with E-state index in [-0.39, 0.29) is 42.4 Å². The minimum absolute atomic E-state index is 0.213. The highest BCUT2D eigenvalue weighted by Gasteiger charge is 2.50. The van der Waals surface area contributed by atoms with Gasteiger partial charge in [0.25, 0.3) is 0 Å². The molecule has 0 aromatic rings. The monoisotopic (exact) mass is 665 g/mol. The number of rotatable bonds is 6. The Balaban J connectivity index is 1.52. The number of esters is 3. The first-order valence-electron chi connectivity index (χ1n) is 17.6. The normalized spacial score (nSPS) is 32.7. The highest BCUT2D eigenvalue weighted by Crippen LogP contribution is 2.43. The van der Waals surface area contributed by atoms with Gasteiger partial charge in [0.1, 0.15) is 18.3 Å². The summed E-state index contributed by atoms with van der Waals surface area (Å²) in [7, 11) is 0. The number of carbonyl (C=O) groups is 3. The molecule has 0 aromatic carbocycles. The van der Waals surface area contributed by atoms with Gasteiger partial charge in [0, 0.05) is 71.8 Å². The van der Waals surface area contributed by atoms with Gasteiger partial charge < -0.3 is 29.9 Å². The molecule has 3 N–H and O–H groups in total. The van der Waals surface area contributed by atoms with E-state index in [1.165, 1.54) is 10.1 Å². The first-order valence-corrected chi connectivity index (χ1v) is 17.6. The van der Waals surface area contributed by atoms with E-state index in [0.29, 0.717) is 38.5 Å². The third-order valence-electron chi connectivity index (χ3n) is 10.9. The lowest BCUT2D eigenvalue weighted by molar-refractivity contribution is -0.260. The van der Waals surface area contributed by atoms with Crippen LogP contribution in [0.1, 0.15) is 141 Å². The Labute approximate surface area is 282 Å². The van der Waals surface area contributed by atoms with Crippen molar-refractivity contribution in [3.05, 3.63) is 0 Å². The van der Waals surface area contributed by atoms with E-state index >= 15 is 0 Å². The molecule has 2 unspecified atom stereocenters. The molecule has 47 heavy (non-hydrogen) atoms. The zero-order valence-electron chi connectivity index (χ0n) is 31.1. The number of hydrogen-bond acceptors (Lipinski definition) is 11. The summed E-state index contributed by atoms with van der Waals surface area (Å²) in [6, 6.07) is 0. The van der Waals surface area contributed by atoms with E-state index in [1.54, 1.807) is 0 Å². The Morgan fingerprint density at radius 2 is 0.723 bits per heavy atom. The van der Waals surface area contributed by atoms with Crippen molar-refractivity contribution in [1.82, 2.24) is 15.4 Å². The molecule has 2 atom stereocenters. The van der Waals surface area contributed by atoms with Crippen LogP contribution < -0.4 is 5.32 Å². The van der Waals surface area contributed by atoms with E-state index in [1.807, 2.05) is 55.4 Å². The fourth-order valence-corrected chi connectivity index (χ4v) is 9.51. The SMILES string of the molecule is CC1(C)CC(OC(=O)C2CC(C(=O)OC3CC(C)(C)N(O)C(C)(C)C3)CC(C(=O)OC3CC(C)(C)N(O)C(C)(C)C3)C2)CC(C)(C)N1. The summed E-state index contributed by atoms with van der Waals surface area (Å²) in [5, 5.41) is 27.8. The first kappa shape index (κ1) is 38.0. The lowest BCUT2D eigenvalue weighted by Crippen LogP contribution is -2.61. The van der Waals surface area contributed by atoms with Gasteiger partial charge in [0.15, 0.2) is 0 Å². The van der Waals surface area contributed by atoms with E-state index in [0.717, 1.165) is 0 Å². The summed E-state index contributed by atoms with van der Waals surface area (Å²) in [5.41, 5.74) is -2.81. The maximum atomic E-state index is 13.8. The molecule has 11 nitrogen and oxygen atoms in total. The lowest BCUT2D eigenvalue weighted by atomic mass is 9.74. The standard InChI is InChI=1S/C36H63N3O8/c1-31(2)16-25(17-32(3,4)37-31)45-28(40)22-13-23(29(41)46-26-18-33(5,6)38(43)34(7,8)19-26)15-24(14-22)30(42)47-27-20-35(9,10)39(44)36(11,12)21-27/h22-27,37,43-44H,13-21H2,1-12H3. The highest BCUT2D eigenvalue weighted by molar-refractivity contribution is 5.80. The van der Waals surface area contributed by atoms with Crippen molar-refractivity contribution in [2.45, 2.75) is 192 Å². The minimum atomic E-state index is -0.676. The van der Waals surface area contributed by atoms with Crippen LogP contribution in [0.4, 0.5) is 0 Å². The van der Waals surface area contributed by atoms with Crippen molar-refractivity contribution in [2.75, 3.05) is 0 Å². The van der Waals surface area contributed by atoms with Crippen molar-refractivity contribution < 1.29 is 39.0 Å². The van der Waals surface area contributed by atoms with Crippen LogP contribution in [0.3, 0.4) is 0 Å². The largest absolute Gasteiger partial charge is 0.462 e. The van der Waals surface area contributed by atoms with Crippen LogP contribution in [0.25, 0.3) is 0 Å². The van der Waals surface area contributed by atoms with Crippen molar-refractivity contribution in [1.29, 1.82) is 0 Å². The predicted octanol–water partition coefficient (Wildman–Crippen LogP) is 5.78. The number of piperidine rings is 3. The fraction of sp³-hybridized carbons (Fsp3) is 0.917. The quantitative estimate of drug-likeness (QED) is 0.235. The maximum Gasteiger partial charge on any atom is 0.309 e. The van der Waals surface area contributed by atoms with Crippen LogP contribution in [0, 0.1) is 17.8 Å². The average molecular weight is 666 g/mol. The number of hydrogen-bond donors (Lipinski definition) is 3. The van der Waals surface area contributed by atoms with Crippen LogP contribution >= 0.6 is 0 Å². The molecule has 0 amide bonds. The molecule has 4 rings (SSSR count). The molecule has 0 bridgehead atoms. The molecule has 3 saturated heterocycles. The fourth-order valence-electron chi connectivity index (χ4n) is 9.51. The smallest absolute Gasteiger partial charge is 0.309 e. The van der Waals surface area contributed by atoms with Gasteiger partial charge in [0.05, 0.1) is 17.8 Å². The van der Waals surface area contributed by atoms with E-state index in [4.69, 9.17) is 14.2 Å². The summed E-state index contributed by atoms with van der Waals surface area (Å²) in [4.78, 5) is 41.4. The van der Waals surface area contributed by atoms with Crippen molar-refractivity contribution in [2.24, 2.45) is 17.8 Å². The second kappa shape index (κ2) is 12.8. The molecule has 1 saturated carbocycles. The predicted molar refractivity (Wildman–Crippen MR) is 177 cm³/mol. The van der Waals surface area contributed by atoms with Crippen molar-refractivity contribution in [3.63, 3.8) is 0 Å². The average Bonchev–Trinajstić information content (AvgIpc) is 2.87. The van der Waals surface area contributed by atoms with Crippen LogP contribution in [0.5, 0.6) is 0 Å². The Hall–Kier alpha value is -1.79. The molecular weight excluding hydrogens is 602 g/mol. The van der Waals surface area contributed by atoms with Gasteiger partial charge >= 0.3 is 17.9 Å². The van der Waals surface area contributed by atoms with E-state index in [2.05, 4.69) is 33.0 Å². The molecule has 0 aromatic heterocycles. The summed E-state index contributed by atoms with van der Waals surface area (Å²) < 4.78 is 18.4. The lowest BCUT2D eigenvalue weighted by Gasteiger charge is -2.51. The van der Waals surface area contributed by atoms with Gasteiger partial charge in [0.2, 0.25) is 0 Å². The summed E-state index contributed by atoms with van der Waals surface area (Å²) >= 11 is 0. The molecule has 4 aliphatic rings. The van der Waals surface area contributed by atoms with Crippen molar-refractivity contribution in [3.8, 4) is 0 Å². The zero-order chi connectivity index (χ0) is 35.5. The topological polar surface area (TPSA) is 138 Å². The maximum absolute atomic E-state index is 13.8. The zero-order valence-corrected chi connectivity index (χ0v) is 31.1. The number of ether oxygens (including phenoxy) is 3.